The van der Waals surface area contributed by atoms with E-state index in [-0.39, 0.29) is 12.0 Å². The minimum atomic E-state index is -0.364. The first-order valence-electron chi connectivity index (χ1n) is 8.70. The van der Waals surface area contributed by atoms with Crippen LogP contribution in [0.15, 0.2) is 47.7 Å². The molecule has 3 rings (SSSR count). The maximum absolute atomic E-state index is 13.1. The van der Waals surface area contributed by atoms with Gasteiger partial charge >= 0.3 is 12.0 Å². The van der Waals surface area contributed by atoms with E-state index in [0.717, 1.165) is 11.4 Å². The fourth-order valence-electron chi connectivity index (χ4n) is 2.89. The highest BCUT2D eigenvalue weighted by Crippen LogP contribution is 2.21. The summed E-state index contributed by atoms with van der Waals surface area (Å²) in [7, 11) is 1.35. The molecule has 2 heterocycles. The van der Waals surface area contributed by atoms with Gasteiger partial charge in [0.25, 0.3) is 0 Å². The number of rotatable bonds is 4. The zero-order chi connectivity index (χ0) is 19.2. The number of carbonyl (C=O) groups is 2. The van der Waals surface area contributed by atoms with Crippen molar-refractivity contribution < 1.29 is 19.1 Å². The summed E-state index contributed by atoms with van der Waals surface area (Å²) in [5, 5.41) is 3.79. The van der Waals surface area contributed by atoms with Gasteiger partial charge in [-0.3, -0.25) is 4.90 Å². The van der Waals surface area contributed by atoms with Gasteiger partial charge in [0.15, 0.2) is 0 Å². The first-order valence-corrected chi connectivity index (χ1v) is 9.08. The molecule has 2 aliphatic heterocycles. The van der Waals surface area contributed by atoms with Crippen molar-refractivity contribution in [1.82, 2.24) is 10.2 Å². The second-order valence-electron chi connectivity index (χ2n) is 6.17. The number of methoxy groups -OCH3 is 1. The maximum Gasteiger partial charge on any atom is 0.335 e. The summed E-state index contributed by atoms with van der Waals surface area (Å²) >= 11 is 5.99. The van der Waals surface area contributed by atoms with E-state index in [0.29, 0.717) is 50.0 Å². The van der Waals surface area contributed by atoms with Crippen molar-refractivity contribution in [2.24, 2.45) is 0 Å². The normalized spacial score (nSPS) is 16.7. The van der Waals surface area contributed by atoms with E-state index in [1.165, 1.54) is 7.11 Å². The van der Waals surface area contributed by atoms with Crippen LogP contribution >= 0.6 is 11.6 Å². The Morgan fingerprint density at radius 3 is 2.52 bits per heavy atom. The van der Waals surface area contributed by atoms with Crippen LogP contribution in [0.4, 0.5) is 10.5 Å². The summed E-state index contributed by atoms with van der Waals surface area (Å²) in [6.07, 6.45) is 3.52. The molecule has 0 radical (unpaired) electrons. The van der Waals surface area contributed by atoms with Crippen LogP contribution < -0.4 is 10.2 Å². The minimum absolute atomic E-state index is 0.0916. The summed E-state index contributed by atoms with van der Waals surface area (Å²) in [6.45, 7) is 2.89. The number of nitrogens with one attached hydrogen (secondary N) is 1. The average molecular weight is 392 g/mol. The summed E-state index contributed by atoms with van der Waals surface area (Å²) in [4.78, 5) is 28.2. The van der Waals surface area contributed by atoms with Crippen LogP contribution in [-0.4, -0.2) is 63.4 Å². The van der Waals surface area contributed by atoms with E-state index >= 15 is 0 Å². The van der Waals surface area contributed by atoms with Crippen LogP contribution in [0.3, 0.4) is 0 Å². The lowest BCUT2D eigenvalue weighted by Crippen LogP contribution is -2.49. The molecular weight excluding hydrogens is 370 g/mol. The standard InChI is InChI=1S/C19H22ClN3O4/c1-26-18(24)14-2-5-16(21-12-14)13-23(17-6-3-15(20)4-7-17)19(25)22-8-10-27-11-9-22/h2-7,21H,8-13H2,1H3. The molecule has 2 aliphatic rings. The van der Waals surface area contributed by atoms with Gasteiger partial charge < -0.3 is 19.7 Å². The molecule has 27 heavy (non-hydrogen) atoms. The van der Waals surface area contributed by atoms with Gasteiger partial charge in [-0.2, -0.15) is 0 Å². The van der Waals surface area contributed by atoms with Crippen LogP contribution in [0.2, 0.25) is 5.02 Å². The Kier molecular flexibility index (Phi) is 6.36. The highest BCUT2D eigenvalue weighted by atomic mass is 35.5. The van der Waals surface area contributed by atoms with Crippen LogP contribution in [0.5, 0.6) is 0 Å². The van der Waals surface area contributed by atoms with Gasteiger partial charge in [-0.1, -0.05) is 11.6 Å². The number of hydrogen-bond acceptors (Lipinski definition) is 5. The van der Waals surface area contributed by atoms with Gasteiger partial charge in [0.1, 0.15) is 0 Å². The van der Waals surface area contributed by atoms with Crippen molar-refractivity contribution in [3.63, 3.8) is 0 Å². The number of allylic oxidation sites excluding steroid dienone is 2. The van der Waals surface area contributed by atoms with Crippen LogP contribution in [0.1, 0.15) is 0 Å². The van der Waals surface area contributed by atoms with Gasteiger partial charge in [0.2, 0.25) is 0 Å². The highest BCUT2D eigenvalue weighted by Gasteiger charge is 2.25. The van der Waals surface area contributed by atoms with E-state index < -0.39 is 0 Å². The maximum atomic E-state index is 13.1. The molecule has 8 heteroatoms. The van der Waals surface area contributed by atoms with E-state index in [1.54, 1.807) is 34.1 Å². The lowest BCUT2D eigenvalue weighted by Gasteiger charge is -2.34. The highest BCUT2D eigenvalue weighted by molar-refractivity contribution is 6.30. The van der Waals surface area contributed by atoms with Crippen molar-refractivity contribution >= 4 is 29.3 Å². The number of halogens is 1. The molecule has 7 nitrogen and oxygen atoms in total. The third-order valence-corrected chi connectivity index (χ3v) is 4.67. The van der Waals surface area contributed by atoms with Gasteiger partial charge in [-0.25, -0.2) is 9.59 Å². The number of amides is 2. The van der Waals surface area contributed by atoms with Crippen molar-refractivity contribution in [1.29, 1.82) is 0 Å². The molecule has 0 unspecified atom stereocenters. The van der Waals surface area contributed by atoms with Crippen molar-refractivity contribution in [2.45, 2.75) is 0 Å². The number of hydrogen-bond donors (Lipinski definition) is 1. The second-order valence-corrected chi connectivity index (χ2v) is 6.61. The van der Waals surface area contributed by atoms with Crippen molar-refractivity contribution in [2.75, 3.05) is 51.4 Å². The SMILES string of the molecule is COC(=O)C1=CC=C(CN(C(=O)N2CCOCC2)c2ccc(Cl)cc2)NC1. The van der Waals surface area contributed by atoms with Crippen LogP contribution in [0, 0.1) is 0 Å². The molecule has 0 bridgehead atoms. The van der Waals surface area contributed by atoms with E-state index in [9.17, 15) is 9.59 Å². The number of nitrogens with zero attached hydrogens (tertiary/aromatic N) is 2. The Balaban J connectivity index is 1.81. The Bertz CT molecular complexity index is 755. The molecular formula is C19H22ClN3O4. The number of morpholine rings is 1. The molecule has 0 atom stereocenters. The Morgan fingerprint density at radius 1 is 1.22 bits per heavy atom. The topological polar surface area (TPSA) is 71.1 Å². The van der Waals surface area contributed by atoms with E-state index in [1.807, 2.05) is 12.1 Å². The van der Waals surface area contributed by atoms with Gasteiger partial charge in [0, 0.05) is 36.0 Å². The molecule has 0 aliphatic carbocycles. The zero-order valence-electron chi connectivity index (χ0n) is 15.1. The van der Waals surface area contributed by atoms with E-state index in [4.69, 9.17) is 21.1 Å². The molecule has 1 saturated heterocycles. The lowest BCUT2D eigenvalue weighted by molar-refractivity contribution is -0.136. The molecule has 0 saturated carbocycles. The number of urea groups is 1. The van der Waals surface area contributed by atoms with Gasteiger partial charge in [-0.05, 0) is 36.4 Å². The molecule has 144 valence electrons. The first kappa shape index (κ1) is 19.3. The number of anilines is 1. The molecule has 1 N–H and O–H groups in total. The summed E-state index contributed by atoms with van der Waals surface area (Å²) in [5.74, 6) is -0.364. The van der Waals surface area contributed by atoms with Gasteiger partial charge in [-0.15, -0.1) is 0 Å². The third kappa shape index (κ3) is 4.81. The molecule has 1 aromatic carbocycles. The molecule has 1 fully saturated rings. The predicted molar refractivity (Wildman–Crippen MR) is 103 cm³/mol. The first-order chi connectivity index (χ1) is 13.1. The fraction of sp³-hybridized carbons (Fsp3) is 0.368. The van der Waals surface area contributed by atoms with Crippen molar-refractivity contribution in [3.05, 3.63) is 52.7 Å². The predicted octanol–water partition coefficient (Wildman–Crippen LogP) is 2.19. The van der Waals surface area contributed by atoms with Gasteiger partial charge in [0.05, 0.1) is 32.4 Å². The number of dihydropyridines is 1. The number of carbonyl (C=O) groups excluding carboxylic acids is 2. The second kappa shape index (κ2) is 8.92. The monoisotopic (exact) mass is 391 g/mol. The summed E-state index contributed by atoms with van der Waals surface area (Å²) < 4.78 is 10.1. The van der Waals surface area contributed by atoms with Crippen LogP contribution in [0.25, 0.3) is 0 Å². The zero-order valence-corrected chi connectivity index (χ0v) is 15.9. The largest absolute Gasteiger partial charge is 0.466 e. The number of ether oxygens (including phenoxy) is 2. The van der Waals surface area contributed by atoms with Crippen molar-refractivity contribution in [3.8, 4) is 0 Å². The van der Waals surface area contributed by atoms with E-state index in [2.05, 4.69) is 5.32 Å². The summed E-state index contributed by atoms with van der Waals surface area (Å²) in [5.41, 5.74) is 2.12. The molecule has 0 spiro atoms. The minimum Gasteiger partial charge on any atom is -0.466 e. The quantitative estimate of drug-likeness (QED) is 0.796. The lowest BCUT2D eigenvalue weighted by atomic mass is 10.1. The van der Waals surface area contributed by atoms with Crippen LogP contribution in [-0.2, 0) is 14.3 Å². The Labute approximate surface area is 163 Å². The average Bonchev–Trinajstić information content (AvgIpc) is 2.73. The number of benzene rings is 1. The molecule has 1 aromatic rings. The molecule has 2 amide bonds. The third-order valence-electron chi connectivity index (χ3n) is 4.42. The Morgan fingerprint density at radius 2 is 1.93 bits per heavy atom. The number of esters is 1. The smallest absolute Gasteiger partial charge is 0.335 e. The summed E-state index contributed by atoms with van der Waals surface area (Å²) in [6, 6.07) is 7.06. The molecule has 0 aromatic heterocycles. The fourth-order valence-corrected chi connectivity index (χ4v) is 3.02. The Hall–Kier alpha value is -2.51.